The largest absolute Gasteiger partial charge is 0.493 e. The first-order valence-electron chi connectivity index (χ1n) is 10.5. The Kier molecular flexibility index (Phi) is 6.81. The number of nitrogens with one attached hydrogen (secondary N) is 1. The minimum Gasteiger partial charge on any atom is -0.493 e. The van der Waals surface area contributed by atoms with Crippen molar-refractivity contribution in [2.75, 3.05) is 12.4 Å². The maximum absolute atomic E-state index is 12.3. The van der Waals surface area contributed by atoms with Gasteiger partial charge < -0.3 is 14.8 Å². The summed E-state index contributed by atoms with van der Waals surface area (Å²) in [7, 11) is 1.58. The predicted molar refractivity (Wildman–Crippen MR) is 131 cm³/mol. The molecule has 164 valence electrons. The number of amides is 1. The highest BCUT2D eigenvalue weighted by Crippen LogP contribution is 2.29. The highest BCUT2D eigenvalue weighted by atomic mass is 16.5. The summed E-state index contributed by atoms with van der Waals surface area (Å²) in [5, 5.41) is 5.07. The van der Waals surface area contributed by atoms with E-state index in [0.29, 0.717) is 35.6 Å². The van der Waals surface area contributed by atoms with Crippen LogP contribution >= 0.6 is 0 Å². The van der Waals surface area contributed by atoms with Crippen molar-refractivity contribution in [3.63, 3.8) is 0 Å². The monoisotopic (exact) mass is 437 g/mol. The van der Waals surface area contributed by atoms with Gasteiger partial charge in [-0.05, 0) is 58.3 Å². The molecule has 0 radical (unpaired) electrons. The van der Waals surface area contributed by atoms with Crippen molar-refractivity contribution in [1.82, 2.24) is 0 Å². The minimum absolute atomic E-state index is 0.333. The van der Waals surface area contributed by atoms with Gasteiger partial charge in [-0.25, -0.2) is 0 Å². The second kappa shape index (κ2) is 10.3. The third kappa shape index (κ3) is 5.46. The van der Waals surface area contributed by atoms with E-state index in [9.17, 15) is 9.59 Å². The number of para-hydroxylation sites is 1. The first-order chi connectivity index (χ1) is 16.2. The Hall–Kier alpha value is -4.38. The number of benzene rings is 4. The fourth-order valence-electron chi connectivity index (χ4n) is 3.46. The average Bonchev–Trinajstić information content (AvgIpc) is 2.86. The van der Waals surface area contributed by atoms with Crippen molar-refractivity contribution in [1.29, 1.82) is 0 Å². The van der Waals surface area contributed by atoms with Crippen LogP contribution in [0.1, 0.15) is 21.5 Å². The van der Waals surface area contributed by atoms with Crippen molar-refractivity contribution >= 4 is 34.7 Å². The van der Waals surface area contributed by atoms with Gasteiger partial charge >= 0.3 is 0 Å². The smallest absolute Gasteiger partial charge is 0.248 e. The van der Waals surface area contributed by atoms with Crippen LogP contribution in [0.15, 0.2) is 91.0 Å². The minimum atomic E-state index is -0.333. The maximum Gasteiger partial charge on any atom is 0.248 e. The number of aldehydes is 1. The number of methoxy groups -OCH3 is 1. The molecule has 0 saturated carbocycles. The zero-order valence-electron chi connectivity index (χ0n) is 18.2. The number of hydrogen-bond donors (Lipinski definition) is 1. The van der Waals surface area contributed by atoms with Gasteiger partial charge in [0.1, 0.15) is 6.61 Å². The van der Waals surface area contributed by atoms with Gasteiger partial charge in [0.2, 0.25) is 5.91 Å². The van der Waals surface area contributed by atoms with Gasteiger partial charge in [-0.15, -0.1) is 0 Å². The lowest BCUT2D eigenvalue weighted by atomic mass is 10.1. The lowest BCUT2D eigenvalue weighted by molar-refractivity contribution is -0.111. The first-order valence-corrected chi connectivity index (χ1v) is 10.5. The van der Waals surface area contributed by atoms with Crippen LogP contribution in [0.3, 0.4) is 0 Å². The summed E-state index contributed by atoms with van der Waals surface area (Å²) in [6, 6.07) is 26.7. The second-order valence-corrected chi connectivity index (χ2v) is 7.41. The molecular weight excluding hydrogens is 414 g/mol. The normalized spacial score (nSPS) is 10.8. The Morgan fingerprint density at radius 2 is 1.67 bits per heavy atom. The Morgan fingerprint density at radius 1 is 0.879 bits per heavy atom. The number of carbonyl (C=O) groups excluding carboxylic acids is 2. The zero-order chi connectivity index (χ0) is 23.0. The summed E-state index contributed by atoms with van der Waals surface area (Å²) in [5.74, 6) is 0.858. The van der Waals surface area contributed by atoms with E-state index in [2.05, 4.69) is 29.6 Å². The second-order valence-electron chi connectivity index (χ2n) is 7.41. The van der Waals surface area contributed by atoms with Crippen molar-refractivity contribution < 1.29 is 19.1 Å². The molecule has 0 heterocycles. The number of ether oxygens (including phenoxy) is 2. The molecule has 1 N–H and O–H groups in total. The highest BCUT2D eigenvalue weighted by Gasteiger charge is 2.07. The van der Waals surface area contributed by atoms with E-state index in [0.717, 1.165) is 11.1 Å². The fourth-order valence-corrected chi connectivity index (χ4v) is 3.46. The van der Waals surface area contributed by atoms with Crippen molar-refractivity contribution in [2.24, 2.45) is 0 Å². The van der Waals surface area contributed by atoms with Crippen LogP contribution < -0.4 is 14.8 Å². The molecule has 0 aliphatic carbocycles. The lowest BCUT2D eigenvalue weighted by Crippen LogP contribution is -2.09. The standard InChI is InChI=1S/C28H23NO4/c1-32-27-17-20(12-15-28(31)29-25-9-5-4-8-24(25)18-30)11-14-26(27)33-19-21-10-13-22-6-2-3-7-23(22)16-21/h2-18H,19H2,1H3,(H,29,31)/b15-12+. The fraction of sp³-hybridized carbons (Fsp3) is 0.0714. The molecule has 4 aromatic rings. The Balaban J connectivity index is 1.42. The van der Waals surface area contributed by atoms with Crippen LogP contribution in [0.25, 0.3) is 16.8 Å². The van der Waals surface area contributed by atoms with E-state index >= 15 is 0 Å². The van der Waals surface area contributed by atoms with Crippen LogP contribution in [0.4, 0.5) is 5.69 Å². The molecule has 1 amide bonds. The zero-order valence-corrected chi connectivity index (χ0v) is 18.2. The molecule has 0 aliphatic rings. The molecule has 0 bridgehead atoms. The quantitative estimate of drug-likeness (QED) is 0.276. The van der Waals surface area contributed by atoms with Crippen molar-refractivity contribution in [3.8, 4) is 11.5 Å². The number of fused-ring (bicyclic) bond motifs is 1. The molecule has 0 aromatic heterocycles. The Morgan fingerprint density at radius 3 is 2.48 bits per heavy atom. The summed E-state index contributed by atoms with van der Waals surface area (Å²) in [6.45, 7) is 0.412. The highest BCUT2D eigenvalue weighted by molar-refractivity contribution is 6.04. The predicted octanol–water partition coefficient (Wildman–Crippen LogP) is 5.89. The third-order valence-electron chi connectivity index (χ3n) is 5.17. The molecule has 4 rings (SSSR count). The van der Waals surface area contributed by atoms with Gasteiger partial charge in [0, 0.05) is 11.6 Å². The van der Waals surface area contributed by atoms with E-state index in [1.807, 2.05) is 30.3 Å². The number of rotatable bonds is 8. The average molecular weight is 437 g/mol. The third-order valence-corrected chi connectivity index (χ3v) is 5.17. The van der Waals surface area contributed by atoms with Crippen LogP contribution in [0.5, 0.6) is 11.5 Å². The van der Waals surface area contributed by atoms with E-state index in [1.165, 1.54) is 16.8 Å². The van der Waals surface area contributed by atoms with Crippen LogP contribution in [-0.2, 0) is 11.4 Å². The molecule has 33 heavy (non-hydrogen) atoms. The number of carbonyl (C=O) groups is 2. The van der Waals surface area contributed by atoms with Crippen molar-refractivity contribution in [3.05, 3.63) is 108 Å². The number of anilines is 1. The van der Waals surface area contributed by atoms with Crippen LogP contribution in [0.2, 0.25) is 0 Å². The van der Waals surface area contributed by atoms with E-state index in [1.54, 1.807) is 43.5 Å². The topological polar surface area (TPSA) is 64.6 Å². The first kappa shape index (κ1) is 21.8. The maximum atomic E-state index is 12.3. The van der Waals surface area contributed by atoms with Gasteiger partial charge in [-0.2, -0.15) is 0 Å². The SMILES string of the molecule is COc1cc(/C=C/C(=O)Nc2ccccc2C=O)ccc1OCc1ccc2ccccc2c1. The van der Waals surface area contributed by atoms with E-state index in [4.69, 9.17) is 9.47 Å². The summed E-state index contributed by atoms with van der Waals surface area (Å²) in [6.07, 6.45) is 3.79. The summed E-state index contributed by atoms with van der Waals surface area (Å²) < 4.78 is 11.5. The molecule has 5 nitrogen and oxygen atoms in total. The van der Waals surface area contributed by atoms with Gasteiger partial charge in [-0.3, -0.25) is 9.59 Å². The van der Waals surface area contributed by atoms with Crippen LogP contribution in [-0.4, -0.2) is 19.3 Å². The van der Waals surface area contributed by atoms with Crippen molar-refractivity contribution in [2.45, 2.75) is 6.61 Å². The Bertz CT molecular complexity index is 1330. The van der Waals surface area contributed by atoms with E-state index in [-0.39, 0.29) is 5.91 Å². The van der Waals surface area contributed by atoms with Gasteiger partial charge in [0.05, 0.1) is 12.8 Å². The summed E-state index contributed by atoms with van der Waals surface area (Å²) >= 11 is 0. The van der Waals surface area contributed by atoms with Gasteiger partial charge in [0.15, 0.2) is 17.8 Å². The van der Waals surface area contributed by atoms with Crippen LogP contribution in [0, 0.1) is 0 Å². The van der Waals surface area contributed by atoms with Gasteiger partial charge in [-0.1, -0.05) is 54.6 Å². The van der Waals surface area contributed by atoms with Gasteiger partial charge in [0.25, 0.3) is 0 Å². The molecular formula is C28H23NO4. The molecule has 0 fully saturated rings. The molecule has 0 spiro atoms. The molecule has 0 aliphatic heterocycles. The molecule has 0 unspecified atom stereocenters. The molecule has 0 atom stereocenters. The lowest BCUT2D eigenvalue weighted by Gasteiger charge is -2.12. The summed E-state index contributed by atoms with van der Waals surface area (Å²) in [5.41, 5.74) is 2.74. The Labute approximate surface area is 192 Å². The molecule has 0 saturated heterocycles. The molecule has 4 aromatic carbocycles. The number of hydrogen-bond acceptors (Lipinski definition) is 4. The van der Waals surface area contributed by atoms with E-state index < -0.39 is 0 Å². The summed E-state index contributed by atoms with van der Waals surface area (Å²) in [4.78, 5) is 23.4. The molecule has 5 heteroatoms.